The fraction of sp³-hybridized carbons (Fsp3) is 0.500. The Morgan fingerprint density at radius 2 is 2.16 bits per heavy atom. The second-order valence-electron chi connectivity index (χ2n) is 5.00. The lowest BCUT2D eigenvalue weighted by Crippen LogP contribution is -2.18. The van der Waals surface area contributed by atoms with Gasteiger partial charge in [-0.05, 0) is 47.3 Å². The van der Waals surface area contributed by atoms with Crippen LogP contribution in [0.4, 0.5) is 0 Å². The highest BCUT2D eigenvalue weighted by atomic mass is 79.9. The van der Waals surface area contributed by atoms with E-state index in [-0.39, 0.29) is 12.0 Å². The molecular formula is C14H18BrNO3. The van der Waals surface area contributed by atoms with Gasteiger partial charge in [-0.3, -0.25) is 4.79 Å². The van der Waals surface area contributed by atoms with Crippen LogP contribution in [0.1, 0.15) is 29.2 Å². The summed E-state index contributed by atoms with van der Waals surface area (Å²) in [5.41, 5.74) is 3.30. The molecular weight excluding hydrogens is 310 g/mol. The monoisotopic (exact) mass is 327 g/mol. The molecule has 0 radical (unpaired) electrons. The first kappa shape index (κ1) is 14.3. The molecule has 1 aromatic rings. The molecule has 2 atom stereocenters. The van der Waals surface area contributed by atoms with Crippen molar-refractivity contribution in [3.8, 4) is 5.75 Å². The molecule has 19 heavy (non-hydrogen) atoms. The van der Waals surface area contributed by atoms with Gasteiger partial charge in [0.2, 0.25) is 0 Å². The van der Waals surface area contributed by atoms with Crippen molar-refractivity contribution >= 4 is 21.9 Å². The first-order valence-electron chi connectivity index (χ1n) is 6.25. The average molecular weight is 328 g/mol. The Labute approximate surface area is 121 Å². The van der Waals surface area contributed by atoms with Gasteiger partial charge in [-0.1, -0.05) is 6.07 Å². The first-order valence-corrected chi connectivity index (χ1v) is 7.04. The van der Waals surface area contributed by atoms with Crippen molar-refractivity contribution in [2.24, 2.45) is 5.92 Å². The van der Waals surface area contributed by atoms with Crippen LogP contribution < -0.4 is 10.1 Å². The number of benzene rings is 1. The van der Waals surface area contributed by atoms with Gasteiger partial charge in [0.1, 0.15) is 5.75 Å². The average Bonchev–Trinajstić information content (AvgIpc) is 2.82. The Hall–Kier alpha value is -1.07. The number of nitrogens with one attached hydrogen (secondary N) is 1. The van der Waals surface area contributed by atoms with E-state index in [0.717, 1.165) is 26.9 Å². The number of aryl methyl sites for hydroxylation is 2. The van der Waals surface area contributed by atoms with E-state index in [0.29, 0.717) is 13.0 Å². The highest BCUT2D eigenvalue weighted by Gasteiger charge is 2.33. The lowest BCUT2D eigenvalue weighted by atomic mass is 9.94. The van der Waals surface area contributed by atoms with Crippen molar-refractivity contribution in [1.82, 2.24) is 5.32 Å². The third-order valence-electron chi connectivity index (χ3n) is 3.68. The summed E-state index contributed by atoms with van der Waals surface area (Å²) in [7, 11) is 1.64. The number of hydrogen-bond acceptors (Lipinski definition) is 3. The largest absolute Gasteiger partial charge is 0.495 e. The molecule has 0 spiro atoms. The van der Waals surface area contributed by atoms with Crippen molar-refractivity contribution < 1.29 is 14.6 Å². The Morgan fingerprint density at radius 1 is 1.47 bits per heavy atom. The number of ether oxygens (including phenoxy) is 1. The van der Waals surface area contributed by atoms with Crippen LogP contribution >= 0.6 is 15.9 Å². The molecule has 1 aromatic carbocycles. The van der Waals surface area contributed by atoms with Crippen LogP contribution in [0.15, 0.2) is 10.5 Å². The van der Waals surface area contributed by atoms with Crippen LogP contribution in [0.25, 0.3) is 0 Å². The Kier molecular flexibility index (Phi) is 4.16. The topological polar surface area (TPSA) is 58.6 Å². The predicted octanol–water partition coefficient (Wildman–Crippen LogP) is 2.81. The van der Waals surface area contributed by atoms with Crippen molar-refractivity contribution in [2.45, 2.75) is 26.3 Å². The fourth-order valence-electron chi connectivity index (χ4n) is 2.72. The van der Waals surface area contributed by atoms with Crippen molar-refractivity contribution in [1.29, 1.82) is 0 Å². The van der Waals surface area contributed by atoms with Crippen molar-refractivity contribution in [2.75, 3.05) is 13.7 Å². The van der Waals surface area contributed by atoms with Crippen LogP contribution in [0.5, 0.6) is 5.75 Å². The van der Waals surface area contributed by atoms with Gasteiger partial charge >= 0.3 is 5.97 Å². The molecule has 1 fully saturated rings. The molecule has 1 heterocycles. The zero-order valence-electron chi connectivity index (χ0n) is 11.3. The summed E-state index contributed by atoms with van der Waals surface area (Å²) < 4.78 is 6.45. The molecule has 0 saturated carbocycles. The number of rotatable bonds is 3. The van der Waals surface area contributed by atoms with E-state index in [2.05, 4.69) is 27.3 Å². The van der Waals surface area contributed by atoms with E-state index in [1.807, 2.05) is 13.8 Å². The maximum absolute atomic E-state index is 11.1. The van der Waals surface area contributed by atoms with Crippen LogP contribution in [0, 0.1) is 19.8 Å². The molecule has 1 saturated heterocycles. The highest BCUT2D eigenvalue weighted by Crippen LogP contribution is 2.41. The maximum atomic E-state index is 11.1. The van der Waals surface area contributed by atoms with Gasteiger partial charge in [0, 0.05) is 18.2 Å². The zero-order chi connectivity index (χ0) is 14.2. The van der Waals surface area contributed by atoms with E-state index < -0.39 is 5.97 Å². The van der Waals surface area contributed by atoms with E-state index in [1.165, 1.54) is 0 Å². The Balaban J connectivity index is 2.40. The molecule has 4 nitrogen and oxygen atoms in total. The molecule has 2 rings (SSSR count). The summed E-state index contributed by atoms with van der Waals surface area (Å²) in [6.45, 7) is 4.56. The number of methoxy groups -OCH3 is 1. The lowest BCUT2D eigenvalue weighted by Gasteiger charge is -2.20. The molecule has 0 bridgehead atoms. The lowest BCUT2D eigenvalue weighted by molar-refractivity contribution is -0.141. The Bertz CT molecular complexity index is 516. The highest BCUT2D eigenvalue weighted by molar-refractivity contribution is 9.10. The summed E-state index contributed by atoms with van der Waals surface area (Å²) in [6.07, 6.45) is 0.599. The summed E-state index contributed by atoms with van der Waals surface area (Å²) in [5, 5.41) is 12.4. The standard InChI is InChI=1S/C14H18BrNO3/c1-7-4-8(2)12(15)13(19-3)11(7)10-5-9(6-16-10)14(17)18/h4,9-10,16H,5-6H2,1-3H3,(H,17,18). The maximum Gasteiger partial charge on any atom is 0.307 e. The van der Waals surface area contributed by atoms with Crippen LogP contribution in [0.2, 0.25) is 0 Å². The normalized spacial score (nSPS) is 22.5. The first-order chi connectivity index (χ1) is 8.95. The zero-order valence-corrected chi connectivity index (χ0v) is 12.9. The van der Waals surface area contributed by atoms with Crippen molar-refractivity contribution in [3.05, 3.63) is 27.2 Å². The number of aliphatic carboxylic acids is 1. The fourth-order valence-corrected chi connectivity index (χ4v) is 3.21. The molecule has 2 N–H and O–H groups in total. The van der Waals surface area contributed by atoms with Gasteiger partial charge in [0.05, 0.1) is 17.5 Å². The predicted molar refractivity (Wildman–Crippen MR) is 76.7 cm³/mol. The van der Waals surface area contributed by atoms with Gasteiger partial charge in [-0.25, -0.2) is 0 Å². The summed E-state index contributed by atoms with van der Waals surface area (Å²) >= 11 is 3.55. The molecule has 5 heteroatoms. The van der Waals surface area contributed by atoms with Gasteiger partial charge in [-0.15, -0.1) is 0 Å². The van der Waals surface area contributed by atoms with Crippen LogP contribution in [-0.4, -0.2) is 24.7 Å². The van der Waals surface area contributed by atoms with Crippen LogP contribution in [0.3, 0.4) is 0 Å². The van der Waals surface area contributed by atoms with Gasteiger partial charge in [0.25, 0.3) is 0 Å². The molecule has 1 aliphatic heterocycles. The SMILES string of the molecule is COc1c(Br)c(C)cc(C)c1C1CC(C(=O)O)CN1. The minimum Gasteiger partial charge on any atom is -0.495 e. The Morgan fingerprint density at radius 3 is 2.68 bits per heavy atom. The smallest absolute Gasteiger partial charge is 0.307 e. The molecule has 0 amide bonds. The minimum absolute atomic E-state index is 0.0351. The summed E-state index contributed by atoms with van der Waals surface area (Å²) in [5.74, 6) is -0.256. The molecule has 104 valence electrons. The van der Waals surface area contributed by atoms with E-state index in [9.17, 15) is 4.79 Å². The molecule has 1 aliphatic rings. The second-order valence-corrected chi connectivity index (χ2v) is 5.80. The van der Waals surface area contributed by atoms with Gasteiger partial charge in [0.15, 0.2) is 0 Å². The van der Waals surface area contributed by atoms with Gasteiger partial charge < -0.3 is 15.2 Å². The molecule has 2 unspecified atom stereocenters. The third-order valence-corrected chi connectivity index (χ3v) is 4.67. The minimum atomic E-state index is -0.738. The van der Waals surface area contributed by atoms with E-state index in [1.54, 1.807) is 7.11 Å². The summed E-state index contributed by atoms with van der Waals surface area (Å²) in [6, 6.07) is 2.13. The van der Waals surface area contributed by atoms with E-state index in [4.69, 9.17) is 9.84 Å². The molecule has 0 aliphatic carbocycles. The van der Waals surface area contributed by atoms with E-state index >= 15 is 0 Å². The van der Waals surface area contributed by atoms with Crippen LogP contribution in [-0.2, 0) is 4.79 Å². The number of carboxylic acids is 1. The number of carbonyl (C=O) groups is 1. The number of hydrogen-bond donors (Lipinski definition) is 2. The summed E-state index contributed by atoms with van der Waals surface area (Å²) in [4.78, 5) is 11.1. The molecule has 0 aromatic heterocycles. The number of halogens is 1. The third kappa shape index (κ3) is 2.62. The van der Waals surface area contributed by atoms with Crippen molar-refractivity contribution in [3.63, 3.8) is 0 Å². The second kappa shape index (κ2) is 5.51. The number of carboxylic acid groups (broad SMARTS) is 1. The van der Waals surface area contributed by atoms with Gasteiger partial charge in [-0.2, -0.15) is 0 Å². The quantitative estimate of drug-likeness (QED) is 0.896.